The topological polar surface area (TPSA) is 30.5 Å². The number of nitrogens with one attached hydrogen (secondary N) is 1. The van der Waals surface area contributed by atoms with E-state index in [0.29, 0.717) is 0 Å². The number of methoxy groups -OCH3 is 2. The van der Waals surface area contributed by atoms with Gasteiger partial charge in [-0.25, -0.2) is 0 Å². The van der Waals surface area contributed by atoms with Gasteiger partial charge in [0, 0.05) is 5.75 Å². The molecule has 1 aromatic rings. The van der Waals surface area contributed by atoms with E-state index in [9.17, 15) is 0 Å². The molecule has 18 heavy (non-hydrogen) atoms. The van der Waals surface area contributed by atoms with Crippen molar-refractivity contribution in [3.05, 3.63) is 18.2 Å². The van der Waals surface area contributed by atoms with E-state index >= 15 is 0 Å². The van der Waals surface area contributed by atoms with Crippen molar-refractivity contribution in [2.24, 2.45) is 5.92 Å². The van der Waals surface area contributed by atoms with E-state index in [1.807, 2.05) is 23.9 Å². The summed E-state index contributed by atoms with van der Waals surface area (Å²) < 4.78 is 10.7. The molecule has 1 heterocycles. The minimum atomic E-state index is 0.812. The summed E-state index contributed by atoms with van der Waals surface area (Å²) in [6, 6.07) is 5.97. The Morgan fingerprint density at radius 3 is 2.67 bits per heavy atom. The van der Waals surface area contributed by atoms with E-state index in [1.54, 1.807) is 14.2 Å². The lowest BCUT2D eigenvalue weighted by atomic mass is 10.0. The maximum atomic E-state index is 5.40. The lowest BCUT2D eigenvalue weighted by Crippen LogP contribution is -2.28. The van der Waals surface area contributed by atoms with E-state index in [-0.39, 0.29) is 0 Å². The molecule has 0 atom stereocenters. The predicted molar refractivity (Wildman–Crippen MR) is 75.9 cm³/mol. The van der Waals surface area contributed by atoms with E-state index < -0.39 is 0 Å². The van der Waals surface area contributed by atoms with Crippen LogP contribution in [-0.2, 0) is 0 Å². The second kappa shape index (κ2) is 6.90. The first-order valence-electron chi connectivity index (χ1n) is 6.39. The largest absolute Gasteiger partial charge is 0.497 e. The normalized spacial score (nSPS) is 16.6. The summed E-state index contributed by atoms with van der Waals surface area (Å²) in [5.74, 6) is 3.80. The summed E-state index contributed by atoms with van der Waals surface area (Å²) in [5.41, 5.74) is 0. The molecular weight excluding hydrogens is 246 g/mol. The zero-order chi connectivity index (χ0) is 12.8. The lowest BCUT2D eigenvalue weighted by Gasteiger charge is -2.22. The number of piperidine rings is 1. The Kier molecular flexibility index (Phi) is 5.20. The Morgan fingerprint density at radius 2 is 2.00 bits per heavy atom. The van der Waals surface area contributed by atoms with Gasteiger partial charge in [-0.15, -0.1) is 11.8 Å². The summed E-state index contributed by atoms with van der Waals surface area (Å²) in [7, 11) is 3.42. The van der Waals surface area contributed by atoms with E-state index in [4.69, 9.17) is 9.47 Å². The second-order valence-corrected chi connectivity index (χ2v) is 5.58. The first-order valence-corrected chi connectivity index (χ1v) is 7.37. The summed E-state index contributed by atoms with van der Waals surface area (Å²) in [6.45, 7) is 2.31. The fraction of sp³-hybridized carbons (Fsp3) is 0.571. The summed E-state index contributed by atoms with van der Waals surface area (Å²) in [6.07, 6.45) is 2.55. The van der Waals surface area contributed by atoms with Gasteiger partial charge in [-0.05, 0) is 50.0 Å². The molecule has 0 amide bonds. The van der Waals surface area contributed by atoms with Crippen LogP contribution >= 0.6 is 11.8 Å². The first-order chi connectivity index (χ1) is 8.83. The maximum absolute atomic E-state index is 5.40. The quantitative estimate of drug-likeness (QED) is 0.831. The van der Waals surface area contributed by atoms with Crippen LogP contribution in [0.3, 0.4) is 0 Å². The zero-order valence-corrected chi connectivity index (χ0v) is 11.9. The van der Waals surface area contributed by atoms with Crippen molar-refractivity contribution < 1.29 is 9.47 Å². The lowest BCUT2D eigenvalue weighted by molar-refractivity contribution is 0.393. The molecule has 0 spiro atoms. The highest BCUT2D eigenvalue weighted by atomic mass is 32.2. The molecule has 1 aliphatic heterocycles. The van der Waals surface area contributed by atoms with E-state index in [1.165, 1.54) is 17.7 Å². The molecule has 0 saturated carbocycles. The molecule has 100 valence electrons. The number of benzene rings is 1. The number of ether oxygens (including phenoxy) is 2. The van der Waals surface area contributed by atoms with Crippen molar-refractivity contribution in [1.29, 1.82) is 0 Å². The fourth-order valence-electron chi connectivity index (χ4n) is 2.15. The van der Waals surface area contributed by atoms with Gasteiger partial charge in [0.1, 0.15) is 11.5 Å². The van der Waals surface area contributed by atoms with Gasteiger partial charge in [-0.3, -0.25) is 0 Å². The van der Waals surface area contributed by atoms with Gasteiger partial charge < -0.3 is 14.8 Å². The highest BCUT2D eigenvalue weighted by molar-refractivity contribution is 7.99. The molecule has 1 aromatic carbocycles. The van der Waals surface area contributed by atoms with Crippen molar-refractivity contribution in [3.8, 4) is 11.5 Å². The highest BCUT2D eigenvalue weighted by Gasteiger charge is 2.14. The minimum absolute atomic E-state index is 0.812. The maximum Gasteiger partial charge on any atom is 0.132 e. The van der Waals surface area contributed by atoms with Crippen LogP contribution in [0.2, 0.25) is 0 Å². The van der Waals surface area contributed by atoms with Gasteiger partial charge >= 0.3 is 0 Å². The third kappa shape index (κ3) is 3.56. The van der Waals surface area contributed by atoms with Gasteiger partial charge in [-0.2, -0.15) is 0 Å². The molecule has 0 aromatic heterocycles. The van der Waals surface area contributed by atoms with Crippen molar-refractivity contribution in [2.45, 2.75) is 17.7 Å². The van der Waals surface area contributed by atoms with Crippen LogP contribution in [0.15, 0.2) is 23.1 Å². The Hall–Kier alpha value is -0.870. The average Bonchev–Trinajstić information content (AvgIpc) is 2.45. The van der Waals surface area contributed by atoms with Crippen molar-refractivity contribution in [2.75, 3.05) is 33.1 Å². The Labute approximate surface area is 113 Å². The molecule has 1 fully saturated rings. The molecule has 1 saturated heterocycles. The van der Waals surface area contributed by atoms with E-state index in [2.05, 4.69) is 11.4 Å². The third-order valence-corrected chi connectivity index (χ3v) is 4.57. The van der Waals surface area contributed by atoms with Crippen molar-refractivity contribution in [1.82, 2.24) is 5.32 Å². The van der Waals surface area contributed by atoms with Crippen LogP contribution in [0.1, 0.15) is 12.8 Å². The molecule has 1 aliphatic rings. The van der Waals surface area contributed by atoms with E-state index in [0.717, 1.165) is 36.3 Å². The average molecular weight is 267 g/mol. The molecule has 4 heteroatoms. The highest BCUT2D eigenvalue weighted by Crippen LogP contribution is 2.34. The predicted octanol–water partition coefficient (Wildman–Crippen LogP) is 2.80. The van der Waals surface area contributed by atoms with Crippen molar-refractivity contribution >= 4 is 11.8 Å². The summed E-state index contributed by atoms with van der Waals surface area (Å²) >= 11 is 1.87. The van der Waals surface area contributed by atoms with Crippen LogP contribution in [0.4, 0.5) is 0 Å². The monoisotopic (exact) mass is 267 g/mol. The molecule has 2 rings (SSSR count). The van der Waals surface area contributed by atoms with Gasteiger partial charge in [0.2, 0.25) is 0 Å². The second-order valence-electron chi connectivity index (χ2n) is 4.52. The molecule has 3 nitrogen and oxygen atoms in total. The van der Waals surface area contributed by atoms with Gasteiger partial charge in [0.05, 0.1) is 19.1 Å². The fourth-order valence-corrected chi connectivity index (χ4v) is 3.39. The molecule has 0 radical (unpaired) electrons. The number of rotatable bonds is 5. The van der Waals surface area contributed by atoms with Crippen LogP contribution < -0.4 is 14.8 Å². The van der Waals surface area contributed by atoms with Crippen LogP contribution in [-0.4, -0.2) is 33.1 Å². The standard InChI is InChI=1S/C14H21NO2S/c1-16-12-3-4-13(17-2)14(9-12)18-10-11-5-7-15-8-6-11/h3-4,9,11,15H,5-8,10H2,1-2H3. The van der Waals surface area contributed by atoms with Gasteiger partial charge in [0.15, 0.2) is 0 Å². The molecule has 1 N–H and O–H groups in total. The first kappa shape index (κ1) is 13.6. The molecule has 0 bridgehead atoms. The minimum Gasteiger partial charge on any atom is -0.497 e. The number of thioether (sulfide) groups is 1. The molecule has 0 aliphatic carbocycles. The summed E-state index contributed by atoms with van der Waals surface area (Å²) in [5, 5.41) is 3.40. The van der Waals surface area contributed by atoms with Crippen LogP contribution in [0, 0.1) is 5.92 Å². The zero-order valence-electron chi connectivity index (χ0n) is 11.1. The Morgan fingerprint density at radius 1 is 1.22 bits per heavy atom. The number of hydrogen-bond donors (Lipinski definition) is 1. The summed E-state index contributed by atoms with van der Waals surface area (Å²) in [4.78, 5) is 1.18. The number of hydrogen-bond acceptors (Lipinski definition) is 4. The van der Waals surface area contributed by atoms with Crippen LogP contribution in [0.5, 0.6) is 11.5 Å². The van der Waals surface area contributed by atoms with Gasteiger partial charge in [0.25, 0.3) is 0 Å². The Balaban J connectivity index is 1.97. The third-order valence-electron chi connectivity index (χ3n) is 3.30. The molecular formula is C14H21NO2S. The smallest absolute Gasteiger partial charge is 0.132 e. The SMILES string of the molecule is COc1ccc(OC)c(SCC2CCNCC2)c1. The Bertz CT molecular complexity index is 378. The van der Waals surface area contributed by atoms with Crippen molar-refractivity contribution in [3.63, 3.8) is 0 Å². The molecule has 0 unspecified atom stereocenters. The van der Waals surface area contributed by atoms with Gasteiger partial charge in [-0.1, -0.05) is 0 Å². The van der Waals surface area contributed by atoms with Crippen LogP contribution in [0.25, 0.3) is 0 Å².